The lowest BCUT2D eigenvalue weighted by Crippen LogP contribution is -2.61. The Morgan fingerprint density at radius 3 is 2.65 bits per heavy atom. The highest BCUT2D eigenvalue weighted by molar-refractivity contribution is 7.89. The molecule has 1 N–H and O–H groups in total. The third-order valence-corrected chi connectivity index (χ3v) is 11.0. The number of hydrogen-bond acceptors (Lipinski definition) is 7. The van der Waals surface area contributed by atoms with E-state index in [1.165, 1.54) is 18.4 Å². The number of aliphatic imine (C=N–C) groups is 1. The van der Waals surface area contributed by atoms with Crippen LogP contribution in [0.1, 0.15) is 32.6 Å². The Morgan fingerprint density at radius 1 is 1.35 bits per heavy atom. The SMILES string of the molecule is CN1/C(=N/C(=O)OC(C)(C)C)N[C@](C)(c2sc(-c3cncn3COCC[Si](C)(C)C)cc2Cl)CS1(=O)=O. The van der Waals surface area contributed by atoms with E-state index < -0.39 is 35.3 Å². The van der Waals surface area contributed by atoms with Crippen molar-refractivity contribution in [1.82, 2.24) is 19.2 Å². The molecule has 2 aromatic rings. The lowest BCUT2D eigenvalue weighted by atomic mass is 10.0. The average molecular weight is 590 g/mol. The van der Waals surface area contributed by atoms with Gasteiger partial charge in [0.1, 0.15) is 12.3 Å². The van der Waals surface area contributed by atoms with Gasteiger partial charge in [0, 0.05) is 21.7 Å². The van der Waals surface area contributed by atoms with Gasteiger partial charge in [0.05, 0.1) is 44.3 Å². The number of hydrogen-bond donors (Lipinski definition) is 1. The zero-order valence-electron chi connectivity index (χ0n) is 22.6. The van der Waals surface area contributed by atoms with Gasteiger partial charge in [-0.15, -0.1) is 16.3 Å². The van der Waals surface area contributed by atoms with E-state index in [0.29, 0.717) is 23.2 Å². The Kier molecular flexibility index (Phi) is 8.55. The van der Waals surface area contributed by atoms with E-state index in [1.54, 1.807) is 46.3 Å². The zero-order valence-corrected chi connectivity index (χ0v) is 26.0. The average Bonchev–Trinajstić information content (AvgIpc) is 3.33. The van der Waals surface area contributed by atoms with Gasteiger partial charge in [0.2, 0.25) is 16.0 Å². The maximum atomic E-state index is 13.1. The van der Waals surface area contributed by atoms with Crippen molar-refractivity contribution >= 4 is 53.1 Å². The van der Waals surface area contributed by atoms with Crippen LogP contribution in [0.5, 0.6) is 0 Å². The van der Waals surface area contributed by atoms with E-state index >= 15 is 0 Å². The zero-order chi connectivity index (χ0) is 27.8. The minimum atomic E-state index is -3.81. The molecule has 0 aromatic carbocycles. The Morgan fingerprint density at radius 2 is 2.03 bits per heavy atom. The molecule has 0 bridgehead atoms. The molecule has 1 saturated heterocycles. The van der Waals surface area contributed by atoms with Gasteiger partial charge in [-0.1, -0.05) is 31.2 Å². The smallest absolute Gasteiger partial charge is 0.437 e. The number of carbonyl (C=O) groups is 1. The first kappa shape index (κ1) is 29.6. The molecule has 14 heteroatoms. The fourth-order valence-electron chi connectivity index (χ4n) is 3.59. The molecule has 1 fully saturated rings. The molecule has 3 heterocycles. The number of amides is 1. The van der Waals surface area contributed by atoms with E-state index in [4.69, 9.17) is 21.1 Å². The maximum Gasteiger partial charge on any atom is 0.437 e. The molecule has 1 atom stereocenters. The summed E-state index contributed by atoms with van der Waals surface area (Å²) in [4.78, 5) is 21.9. The molecule has 37 heavy (non-hydrogen) atoms. The van der Waals surface area contributed by atoms with Gasteiger partial charge in [-0.05, 0) is 39.8 Å². The topological polar surface area (TPSA) is 115 Å². The predicted molar refractivity (Wildman–Crippen MR) is 150 cm³/mol. The van der Waals surface area contributed by atoms with E-state index in [0.717, 1.165) is 20.9 Å². The Hall–Kier alpha value is -1.93. The molecule has 0 unspecified atom stereocenters. The summed E-state index contributed by atoms with van der Waals surface area (Å²) in [5.41, 5.74) is -1.09. The van der Waals surface area contributed by atoms with Crippen LogP contribution in [0.2, 0.25) is 30.7 Å². The molecule has 0 spiro atoms. The van der Waals surface area contributed by atoms with Crippen LogP contribution in [0.3, 0.4) is 0 Å². The van der Waals surface area contributed by atoms with Crippen molar-refractivity contribution in [1.29, 1.82) is 0 Å². The summed E-state index contributed by atoms with van der Waals surface area (Å²) < 4.78 is 40.1. The summed E-state index contributed by atoms with van der Waals surface area (Å²) in [6.07, 6.45) is 2.53. The molecule has 10 nitrogen and oxygen atoms in total. The van der Waals surface area contributed by atoms with Gasteiger partial charge in [-0.25, -0.2) is 22.5 Å². The molecule has 0 saturated carbocycles. The first-order valence-corrected chi connectivity index (χ1v) is 18.4. The fourth-order valence-corrected chi connectivity index (χ4v) is 7.60. The number of carbonyl (C=O) groups excluding carboxylic acids is 1. The van der Waals surface area contributed by atoms with Gasteiger partial charge in [0.15, 0.2) is 0 Å². The molecule has 1 aliphatic heterocycles. The standard InChI is InChI=1S/C23H36ClN5O5S2Si/c1-22(2,3)34-21(30)26-20-27-23(4,13-36(31,32)28(20)5)19-16(24)11-18(35-19)17-12-25-14-29(17)15-33-9-10-37(6,7)8/h11-12,14H,9-10,13,15H2,1-8H3,(H,26,27,30)/t23-/m0/s1. The van der Waals surface area contributed by atoms with E-state index in [-0.39, 0.29) is 11.7 Å². The first-order valence-electron chi connectivity index (χ1n) is 11.8. The monoisotopic (exact) mass is 589 g/mol. The highest BCUT2D eigenvalue weighted by Gasteiger charge is 2.45. The third-order valence-electron chi connectivity index (χ3n) is 5.54. The Bertz CT molecular complexity index is 1280. The van der Waals surface area contributed by atoms with Crippen LogP contribution in [0.4, 0.5) is 4.79 Å². The summed E-state index contributed by atoms with van der Waals surface area (Å²) in [5.74, 6) is -0.405. The maximum absolute atomic E-state index is 13.1. The molecular weight excluding hydrogens is 554 g/mol. The highest BCUT2D eigenvalue weighted by Crippen LogP contribution is 2.42. The number of nitrogens with zero attached hydrogens (tertiary/aromatic N) is 4. The van der Waals surface area contributed by atoms with Crippen molar-refractivity contribution < 1.29 is 22.7 Å². The molecule has 0 radical (unpaired) electrons. The number of thiophene rings is 1. The van der Waals surface area contributed by atoms with Crippen molar-refractivity contribution in [3.63, 3.8) is 0 Å². The van der Waals surface area contributed by atoms with Gasteiger partial charge >= 0.3 is 6.09 Å². The third kappa shape index (κ3) is 7.56. The summed E-state index contributed by atoms with van der Waals surface area (Å²) in [6, 6.07) is 2.85. The normalized spacial score (nSPS) is 21.2. The van der Waals surface area contributed by atoms with Gasteiger partial charge in [-0.3, -0.25) is 0 Å². The molecule has 1 amide bonds. The van der Waals surface area contributed by atoms with Crippen molar-refractivity contribution in [2.75, 3.05) is 19.4 Å². The number of rotatable bonds is 7. The Labute approximate surface area is 229 Å². The molecule has 0 aliphatic carbocycles. The van der Waals surface area contributed by atoms with Gasteiger partial charge in [-0.2, -0.15) is 0 Å². The molecule has 3 rings (SSSR count). The lowest BCUT2D eigenvalue weighted by Gasteiger charge is -2.39. The number of guanidine groups is 1. The van der Waals surface area contributed by atoms with Crippen LogP contribution >= 0.6 is 22.9 Å². The number of halogens is 1. The van der Waals surface area contributed by atoms with Crippen LogP contribution in [-0.4, -0.2) is 67.4 Å². The van der Waals surface area contributed by atoms with E-state index in [9.17, 15) is 13.2 Å². The van der Waals surface area contributed by atoms with Crippen molar-refractivity contribution in [2.24, 2.45) is 4.99 Å². The Balaban J connectivity index is 1.88. The summed E-state index contributed by atoms with van der Waals surface area (Å²) >= 11 is 8.01. The molecule has 2 aromatic heterocycles. The second-order valence-electron chi connectivity index (χ2n) is 11.5. The van der Waals surface area contributed by atoms with Crippen LogP contribution in [0, 0.1) is 0 Å². The lowest BCUT2D eigenvalue weighted by molar-refractivity contribution is 0.0602. The number of ether oxygens (including phenoxy) is 2. The van der Waals surface area contributed by atoms with Crippen molar-refractivity contribution in [3.8, 4) is 10.6 Å². The van der Waals surface area contributed by atoms with Crippen molar-refractivity contribution in [2.45, 2.75) is 71.3 Å². The molecule has 206 valence electrons. The van der Waals surface area contributed by atoms with Crippen LogP contribution in [0.25, 0.3) is 10.6 Å². The predicted octanol–water partition coefficient (Wildman–Crippen LogP) is 4.95. The quantitative estimate of drug-likeness (QED) is 0.359. The van der Waals surface area contributed by atoms with Crippen LogP contribution < -0.4 is 5.32 Å². The second-order valence-corrected chi connectivity index (χ2v) is 20.6. The van der Waals surface area contributed by atoms with Gasteiger partial charge in [0.25, 0.3) is 0 Å². The van der Waals surface area contributed by atoms with Crippen molar-refractivity contribution in [3.05, 3.63) is 28.5 Å². The number of nitrogens with one attached hydrogen (secondary N) is 1. The number of sulfonamides is 1. The first-order chi connectivity index (χ1) is 16.9. The summed E-state index contributed by atoms with van der Waals surface area (Å²) in [5, 5.41) is 3.52. The van der Waals surface area contributed by atoms with Crippen LogP contribution in [-0.2, 0) is 31.8 Å². The molecular formula is C23H36ClN5O5S2Si. The second kappa shape index (κ2) is 10.7. The van der Waals surface area contributed by atoms with E-state index in [1.807, 2.05) is 4.57 Å². The summed E-state index contributed by atoms with van der Waals surface area (Å²) in [7, 11) is -3.66. The fraction of sp³-hybridized carbons (Fsp3) is 0.609. The minimum Gasteiger partial charge on any atom is -0.442 e. The molecule has 1 aliphatic rings. The van der Waals surface area contributed by atoms with Crippen LogP contribution in [0.15, 0.2) is 23.6 Å². The number of aromatic nitrogens is 2. The largest absolute Gasteiger partial charge is 0.442 e. The highest BCUT2D eigenvalue weighted by atomic mass is 35.5. The number of imidazole rings is 1. The van der Waals surface area contributed by atoms with Gasteiger partial charge < -0.3 is 19.4 Å². The minimum absolute atomic E-state index is 0.130. The summed E-state index contributed by atoms with van der Waals surface area (Å²) in [6.45, 7) is 14.8. The van der Waals surface area contributed by atoms with E-state index in [2.05, 4.69) is 34.9 Å².